The van der Waals surface area contributed by atoms with E-state index in [1.165, 1.54) is 89.9 Å². The van der Waals surface area contributed by atoms with Gasteiger partial charge < -0.3 is 4.43 Å². The van der Waals surface area contributed by atoms with Gasteiger partial charge in [0.15, 0.2) is 0 Å². The van der Waals surface area contributed by atoms with E-state index in [2.05, 4.69) is 39.5 Å². The van der Waals surface area contributed by atoms with Crippen LogP contribution in [0.25, 0.3) is 0 Å². The van der Waals surface area contributed by atoms with Crippen LogP contribution in [0.2, 0.25) is 5.04 Å². The Balaban J connectivity index is 3.42. The molecule has 0 atom stereocenters. The van der Waals surface area contributed by atoms with Gasteiger partial charge in [0.1, 0.15) is 0 Å². The Morgan fingerprint density at radius 3 is 1.80 bits per heavy atom. The second-order valence-corrected chi connectivity index (χ2v) is 9.86. The lowest BCUT2D eigenvalue weighted by atomic mass is 10.0. The monoisotopic (exact) mass is 364 g/mol. The molecule has 0 fully saturated rings. The van der Waals surface area contributed by atoms with Crippen LogP contribution in [0.3, 0.4) is 0 Å². The van der Waals surface area contributed by atoms with Crippen molar-refractivity contribution in [3.05, 3.63) is 0 Å². The molecule has 0 rings (SSSR count). The predicted molar refractivity (Wildman–Crippen MR) is 114 cm³/mol. The molecule has 0 aliphatic rings. The van der Waals surface area contributed by atoms with Crippen LogP contribution in [-0.2, 0) is 4.43 Å². The first kappa shape index (κ1) is 24.7. The van der Waals surface area contributed by atoms with Crippen molar-refractivity contribution in [1.82, 2.24) is 0 Å². The molecule has 1 nitrogen and oxygen atoms in total. The highest BCUT2D eigenvalue weighted by Gasteiger charge is 2.19. The van der Waals surface area contributed by atoms with E-state index in [4.69, 9.17) is 4.43 Å². The molecule has 0 saturated heterocycles. The van der Waals surface area contributed by atoms with Crippen molar-refractivity contribution in [1.29, 1.82) is 0 Å². The van der Waals surface area contributed by atoms with E-state index in [9.17, 15) is 0 Å². The maximum atomic E-state index is 5.81. The van der Waals surface area contributed by atoms with Gasteiger partial charge in [-0.15, -0.1) is 5.92 Å². The number of hydrogen-bond acceptors (Lipinski definition) is 1. The molecule has 0 aromatic rings. The Labute approximate surface area is 162 Å². The van der Waals surface area contributed by atoms with E-state index in [1.807, 2.05) is 0 Å². The highest BCUT2D eigenvalue weighted by Crippen LogP contribution is 2.30. The lowest BCUT2D eigenvalue weighted by molar-refractivity contribution is 0.360. The van der Waals surface area contributed by atoms with Gasteiger partial charge in [0, 0.05) is 6.42 Å². The zero-order valence-corrected chi connectivity index (χ0v) is 18.7. The molecule has 0 unspecified atom stereocenters. The fraction of sp³-hybridized carbons (Fsp3) is 0.913. The van der Waals surface area contributed by atoms with E-state index < -0.39 is 0 Å². The minimum atomic E-state index is 0.325. The van der Waals surface area contributed by atoms with Crippen LogP contribution in [0.4, 0.5) is 0 Å². The van der Waals surface area contributed by atoms with E-state index >= 15 is 0 Å². The fourth-order valence-electron chi connectivity index (χ4n) is 2.98. The summed E-state index contributed by atoms with van der Waals surface area (Å²) in [5.41, 5.74) is 0. The highest BCUT2D eigenvalue weighted by atomic mass is 28.2. The van der Waals surface area contributed by atoms with E-state index in [1.54, 1.807) is 0 Å². The Hall–Kier alpha value is -0.263. The van der Waals surface area contributed by atoms with Crippen molar-refractivity contribution >= 4 is 9.76 Å². The van der Waals surface area contributed by atoms with Crippen molar-refractivity contribution in [2.45, 2.75) is 129 Å². The number of rotatable bonds is 17. The fourth-order valence-corrected chi connectivity index (χ4v) is 3.79. The first-order valence-electron chi connectivity index (χ1n) is 11.0. The molecule has 0 spiro atoms. The quantitative estimate of drug-likeness (QED) is 0.146. The van der Waals surface area contributed by atoms with Gasteiger partial charge in [-0.3, -0.25) is 0 Å². The van der Waals surface area contributed by atoms with Crippen LogP contribution < -0.4 is 0 Å². The van der Waals surface area contributed by atoms with Crippen molar-refractivity contribution in [3.63, 3.8) is 0 Å². The zero-order valence-electron chi connectivity index (χ0n) is 17.7. The van der Waals surface area contributed by atoms with Crippen LogP contribution >= 0.6 is 0 Å². The maximum absolute atomic E-state index is 5.81. The second kappa shape index (κ2) is 18.5. The average molecular weight is 365 g/mol. The largest absolute Gasteiger partial charge is 0.406 e. The molecule has 146 valence electrons. The topological polar surface area (TPSA) is 9.23 Å². The summed E-state index contributed by atoms with van der Waals surface area (Å²) in [6.07, 6.45) is 20.1. The van der Waals surface area contributed by atoms with Gasteiger partial charge in [0.05, 0.1) is 6.61 Å². The van der Waals surface area contributed by atoms with E-state index in [0.29, 0.717) is 21.4 Å². The summed E-state index contributed by atoms with van der Waals surface area (Å²) in [5.74, 6) is 6.47. The Kier molecular flexibility index (Phi) is 18.3. The molecule has 0 aliphatic heterocycles. The molecular formula is C23H44OSi. The minimum Gasteiger partial charge on any atom is -0.406 e. The molecule has 0 amide bonds. The number of hydrogen-bond donors (Lipinski definition) is 0. The molecule has 0 N–H and O–H groups in total. The SMILES string of the molecule is CCCCCCCCCCC#CCO[Si]C(C)(C)CCCCCCC. The maximum Gasteiger partial charge on any atom is 0.237 e. The predicted octanol–water partition coefficient (Wildman–Crippen LogP) is 7.72. The van der Waals surface area contributed by atoms with Crippen molar-refractivity contribution in [3.8, 4) is 11.8 Å². The van der Waals surface area contributed by atoms with E-state index in [-0.39, 0.29) is 0 Å². The van der Waals surface area contributed by atoms with Gasteiger partial charge in [-0.25, -0.2) is 0 Å². The molecule has 25 heavy (non-hydrogen) atoms. The van der Waals surface area contributed by atoms with Gasteiger partial charge >= 0.3 is 0 Å². The molecule has 0 bridgehead atoms. The van der Waals surface area contributed by atoms with Gasteiger partial charge in [-0.2, -0.15) is 0 Å². The van der Waals surface area contributed by atoms with Gasteiger partial charge in [-0.1, -0.05) is 111 Å². The Morgan fingerprint density at radius 2 is 1.20 bits per heavy atom. The molecule has 0 aromatic heterocycles. The summed E-state index contributed by atoms with van der Waals surface area (Å²) >= 11 is 0. The van der Waals surface area contributed by atoms with Gasteiger partial charge in [0.25, 0.3) is 0 Å². The first-order chi connectivity index (χ1) is 12.1. The third-order valence-corrected chi connectivity index (χ3v) is 5.77. The Bertz CT molecular complexity index is 327. The highest BCUT2D eigenvalue weighted by molar-refractivity contribution is 6.31. The number of unbranched alkanes of at least 4 members (excludes halogenated alkanes) is 12. The Morgan fingerprint density at radius 1 is 0.680 bits per heavy atom. The van der Waals surface area contributed by atoms with Crippen LogP contribution in [0.5, 0.6) is 0 Å². The summed E-state index contributed by atoms with van der Waals surface area (Å²) < 4.78 is 5.81. The summed E-state index contributed by atoms with van der Waals surface area (Å²) in [4.78, 5) is 0. The summed E-state index contributed by atoms with van der Waals surface area (Å²) in [7, 11) is 0.580. The molecule has 2 heteroatoms. The second-order valence-electron chi connectivity index (χ2n) is 8.02. The minimum absolute atomic E-state index is 0.325. The normalized spacial score (nSPS) is 11.4. The van der Waals surface area contributed by atoms with Crippen LogP contribution in [0.15, 0.2) is 0 Å². The zero-order chi connectivity index (χ0) is 18.6. The van der Waals surface area contributed by atoms with Gasteiger partial charge in [0.2, 0.25) is 9.76 Å². The van der Waals surface area contributed by atoms with Crippen molar-refractivity contribution < 1.29 is 4.43 Å². The lowest BCUT2D eigenvalue weighted by Gasteiger charge is -2.21. The molecule has 0 aromatic carbocycles. The van der Waals surface area contributed by atoms with Crippen molar-refractivity contribution in [2.75, 3.05) is 6.61 Å². The van der Waals surface area contributed by atoms with Crippen LogP contribution in [0.1, 0.15) is 124 Å². The molecule has 0 heterocycles. The van der Waals surface area contributed by atoms with Crippen molar-refractivity contribution in [2.24, 2.45) is 0 Å². The molecular weight excluding hydrogens is 320 g/mol. The lowest BCUT2D eigenvalue weighted by Crippen LogP contribution is -2.16. The average Bonchev–Trinajstić information content (AvgIpc) is 2.58. The molecule has 2 radical (unpaired) electrons. The van der Waals surface area contributed by atoms with Crippen LogP contribution in [-0.4, -0.2) is 16.4 Å². The smallest absolute Gasteiger partial charge is 0.237 e. The summed E-state index contributed by atoms with van der Waals surface area (Å²) in [6, 6.07) is 0. The molecule has 0 aliphatic carbocycles. The standard InChI is InChI=1S/C23H44OSi/c1-5-7-9-11-12-13-14-15-16-18-20-22-24-25-23(3,4)21-19-17-10-8-6-2/h5-17,19,21-22H2,1-4H3. The molecule has 0 saturated carbocycles. The third kappa shape index (κ3) is 19.9. The third-order valence-electron chi connectivity index (χ3n) is 4.68. The summed E-state index contributed by atoms with van der Waals surface area (Å²) in [6.45, 7) is 9.83. The van der Waals surface area contributed by atoms with Crippen LogP contribution in [0, 0.1) is 11.8 Å². The first-order valence-corrected chi connectivity index (χ1v) is 11.9. The van der Waals surface area contributed by atoms with Gasteiger partial charge in [-0.05, 0) is 17.9 Å². The van der Waals surface area contributed by atoms with E-state index in [0.717, 1.165) is 6.42 Å². The summed E-state index contributed by atoms with van der Waals surface area (Å²) in [5, 5.41) is 0.325.